The summed E-state index contributed by atoms with van der Waals surface area (Å²) in [7, 11) is 0. The first-order valence-electron chi connectivity index (χ1n) is 8.85. The fourth-order valence-electron chi connectivity index (χ4n) is 2.77. The van der Waals surface area contributed by atoms with Gasteiger partial charge in [-0.2, -0.15) is 18.4 Å². The number of hydrogen-bond donors (Lipinski definition) is 1. The van der Waals surface area contributed by atoms with Crippen LogP contribution in [0.3, 0.4) is 0 Å². The molecule has 32 heavy (non-hydrogen) atoms. The van der Waals surface area contributed by atoms with Gasteiger partial charge in [-0.25, -0.2) is 8.78 Å². The smallest absolute Gasteiger partial charge is 0.417 e. The Labute approximate surface area is 183 Å². The largest absolute Gasteiger partial charge is 0.456 e. The van der Waals surface area contributed by atoms with Crippen molar-refractivity contribution < 1.29 is 31.5 Å². The molecule has 3 aromatic rings. The lowest BCUT2D eigenvalue weighted by atomic mass is 10.1. The summed E-state index contributed by atoms with van der Waals surface area (Å²) in [4.78, 5) is 12.8. The Balaban J connectivity index is 2.06. The summed E-state index contributed by atoms with van der Waals surface area (Å²) >= 11 is 5.76. The van der Waals surface area contributed by atoms with Crippen LogP contribution in [-0.4, -0.2) is 5.91 Å². The topological polar surface area (TPSA) is 62.1 Å². The van der Waals surface area contributed by atoms with Gasteiger partial charge in [-0.05, 0) is 61.0 Å². The van der Waals surface area contributed by atoms with Gasteiger partial charge in [-0.3, -0.25) is 4.79 Å². The van der Waals surface area contributed by atoms with Crippen LogP contribution in [-0.2, 0) is 6.18 Å². The van der Waals surface area contributed by atoms with Crippen LogP contribution in [0.25, 0.3) is 0 Å². The van der Waals surface area contributed by atoms with Gasteiger partial charge in [0.25, 0.3) is 5.91 Å². The van der Waals surface area contributed by atoms with Crippen molar-refractivity contribution >= 4 is 23.2 Å². The number of nitrogens with one attached hydrogen (secondary N) is 1. The zero-order chi connectivity index (χ0) is 23.6. The number of anilines is 1. The molecular formula is C22H12ClF5N2O2. The van der Waals surface area contributed by atoms with E-state index in [0.717, 1.165) is 30.3 Å². The van der Waals surface area contributed by atoms with Crippen LogP contribution < -0.4 is 10.1 Å². The maximum atomic E-state index is 13.5. The highest BCUT2D eigenvalue weighted by Crippen LogP contribution is 2.40. The molecule has 0 bridgehead atoms. The van der Waals surface area contributed by atoms with Gasteiger partial charge in [-0.1, -0.05) is 11.6 Å². The molecule has 3 aromatic carbocycles. The third-order valence-corrected chi connectivity index (χ3v) is 4.63. The highest BCUT2D eigenvalue weighted by Gasteiger charge is 2.35. The Morgan fingerprint density at radius 3 is 2.41 bits per heavy atom. The SMILES string of the molecule is Cc1cc(F)ccc1Oc1cc(C(F)(F)F)c(Cl)cc1C(=O)Nc1ccc(F)c(C#N)c1. The van der Waals surface area contributed by atoms with Gasteiger partial charge >= 0.3 is 6.18 Å². The van der Waals surface area contributed by atoms with Crippen molar-refractivity contribution in [2.45, 2.75) is 13.1 Å². The molecule has 4 nitrogen and oxygen atoms in total. The molecule has 0 aromatic heterocycles. The van der Waals surface area contributed by atoms with Crippen LogP contribution in [0, 0.1) is 29.9 Å². The van der Waals surface area contributed by atoms with Crippen molar-refractivity contribution in [3.05, 3.63) is 87.4 Å². The van der Waals surface area contributed by atoms with Gasteiger partial charge < -0.3 is 10.1 Å². The van der Waals surface area contributed by atoms with Crippen LogP contribution in [0.5, 0.6) is 11.5 Å². The molecule has 0 aliphatic carbocycles. The maximum Gasteiger partial charge on any atom is 0.417 e. The van der Waals surface area contributed by atoms with E-state index in [1.807, 2.05) is 0 Å². The van der Waals surface area contributed by atoms with Crippen molar-refractivity contribution in [1.82, 2.24) is 0 Å². The number of carbonyl (C=O) groups is 1. The van der Waals surface area contributed by atoms with Crippen LogP contribution in [0.2, 0.25) is 5.02 Å². The summed E-state index contributed by atoms with van der Waals surface area (Å²) in [6.07, 6.45) is -4.83. The monoisotopic (exact) mass is 466 g/mol. The van der Waals surface area contributed by atoms with Gasteiger partial charge in [0, 0.05) is 5.69 Å². The number of ether oxygens (including phenoxy) is 1. The van der Waals surface area contributed by atoms with Crippen molar-refractivity contribution in [2.24, 2.45) is 0 Å². The molecule has 1 amide bonds. The van der Waals surface area contributed by atoms with Crippen LogP contribution >= 0.6 is 11.6 Å². The molecule has 0 radical (unpaired) electrons. The summed E-state index contributed by atoms with van der Waals surface area (Å²) in [6.45, 7) is 1.47. The van der Waals surface area contributed by atoms with E-state index in [2.05, 4.69) is 5.32 Å². The number of amides is 1. The maximum absolute atomic E-state index is 13.5. The Morgan fingerprint density at radius 2 is 1.78 bits per heavy atom. The molecule has 0 spiro atoms. The number of rotatable bonds is 4. The fourth-order valence-corrected chi connectivity index (χ4v) is 3.04. The average molecular weight is 467 g/mol. The predicted octanol–water partition coefficient (Wildman–Crippen LogP) is 6.86. The minimum atomic E-state index is -4.83. The van der Waals surface area contributed by atoms with Crippen molar-refractivity contribution in [3.63, 3.8) is 0 Å². The quantitative estimate of drug-likeness (QED) is 0.427. The molecule has 0 saturated heterocycles. The molecule has 10 heteroatoms. The van der Waals surface area contributed by atoms with E-state index in [0.29, 0.717) is 6.07 Å². The molecule has 0 atom stereocenters. The van der Waals surface area contributed by atoms with E-state index < -0.39 is 40.1 Å². The molecular weight excluding hydrogens is 455 g/mol. The zero-order valence-electron chi connectivity index (χ0n) is 16.2. The Kier molecular flexibility index (Phi) is 6.37. The molecule has 0 aliphatic heterocycles. The number of nitriles is 1. The second-order valence-corrected chi connectivity index (χ2v) is 7.01. The number of alkyl halides is 3. The second kappa shape index (κ2) is 8.85. The average Bonchev–Trinajstić information content (AvgIpc) is 2.71. The molecule has 164 valence electrons. The lowest BCUT2D eigenvalue weighted by Crippen LogP contribution is -2.15. The lowest BCUT2D eigenvalue weighted by Gasteiger charge is -2.17. The standard InChI is InChI=1S/C22H12ClF5N2O2/c1-11-6-13(24)2-5-19(11)32-20-9-16(22(26,27)28)17(23)8-15(20)21(31)30-14-3-4-18(25)12(7-14)10-29/h2-9H,1H3,(H,30,31). The fraction of sp³-hybridized carbons (Fsp3) is 0.0909. The first-order chi connectivity index (χ1) is 15.0. The summed E-state index contributed by atoms with van der Waals surface area (Å²) in [5.74, 6) is -2.78. The zero-order valence-corrected chi connectivity index (χ0v) is 16.9. The molecule has 0 saturated carbocycles. The van der Waals surface area contributed by atoms with Crippen LogP contribution in [0.4, 0.5) is 27.6 Å². The normalized spacial score (nSPS) is 11.1. The number of hydrogen-bond acceptors (Lipinski definition) is 3. The number of nitrogens with zero attached hydrogens (tertiary/aromatic N) is 1. The minimum Gasteiger partial charge on any atom is -0.456 e. The van der Waals surface area contributed by atoms with Gasteiger partial charge in [-0.15, -0.1) is 0 Å². The van der Waals surface area contributed by atoms with Gasteiger partial charge in [0.05, 0.1) is 21.7 Å². The van der Waals surface area contributed by atoms with E-state index >= 15 is 0 Å². The van der Waals surface area contributed by atoms with Gasteiger partial charge in [0.2, 0.25) is 0 Å². The lowest BCUT2D eigenvalue weighted by molar-refractivity contribution is -0.137. The number of halogens is 6. The molecule has 0 aliphatic rings. The number of benzene rings is 3. The minimum absolute atomic E-state index is 0.0180. The van der Waals surface area contributed by atoms with E-state index in [9.17, 15) is 26.7 Å². The Bertz CT molecular complexity index is 1250. The van der Waals surface area contributed by atoms with Crippen LogP contribution in [0.1, 0.15) is 27.0 Å². The molecule has 3 rings (SSSR count). The molecule has 0 fully saturated rings. The first-order valence-corrected chi connectivity index (χ1v) is 9.23. The second-order valence-electron chi connectivity index (χ2n) is 6.60. The summed E-state index contributed by atoms with van der Waals surface area (Å²) in [5, 5.41) is 10.5. The number of aryl methyl sites for hydroxylation is 1. The summed E-state index contributed by atoms with van der Waals surface area (Å²) < 4.78 is 72.4. The summed E-state index contributed by atoms with van der Waals surface area (Å²) in [5.41, 5.74) is -1.65. The van der Waals surface area contributed by atoms with E-state index in [-0.39, 0.29) is 28.1 Å². The van der Waals surface area contributed by atoms with Crippen molar-refractivity contribution in [3.8, 4) is 17.6 Å². The summed E-state index contributed by atoms with van der Waals surface area (Å²) in [6, 6.07) is 9.49. The number of carbonyl (C=O) groups excluding carboxylic acids is 1. The molecule has 0 unspecified atom stereocenters. The highest BCUT2D eigenvalue weighted by molar-refractivity contribution is 6.32. The van der Waals surface area contributed by atoms with Crippen molar-refractivity contribution in [1.29, 1.82) is 5.26 Å². The Hall–Kier alpha value is -3.64. The van der Waals surface area contributed by atoms with Crippen LogP contribution in [0.15, 0.2) is 48.5 Å². The highest BCUT2D eigenvalue weighted by atomic mass is 35.5. The predicted molar refractivity (Wildman–Crippen MR) is 107 cm³/mol. The first kappa shape index (κ1) is 23.0. The van der Waals surface area contributed by atoms with Gasteiger partial charge in [0.1, 0.15) is 29.2 Å². The molecule has 1 N–H and O–H groups in total. The van der Waals surface area contributed by atoms with E-state index in [1.165, 1.54) is 19.1 Å². The van der Waals surface area contributed by atoms with E-state index in [1.54, 1.807) is 6.07 Å². The van der Waals surface area contributed by atoms with E-state index in [4.69, 9.17) is 21.6 Å². The third-order valence-electron chi connectivity index (χ3n) is 4.32. The third kappa shape index (κ3) is 4.98. The molecule has 0 heterocycles. The van der Waals surface area contributed by atoms with Gasteiger partial charge in [0.15, 0.2) is 0 Å². The van der Waals surface area contributed by atoms with Crippen molar-refractivity contribution in [2.75, 3.05) is 5.32 Å². The Morgan fingerprint density at radius 1 is 1.06 bits per heavy atom.